The van der Waals surface area contributed by atoms with Crippen LogP contribution in [0.2, 0.25) is 0 Å². The zero-order chi connectivity index (χ0) is 22.9. The molecule has 164 valence electrons. The maximum atomic E-state index is 13.0. The molecular formula is C27H21NO5. The number of methoxy groups -OCH3 is 1. The molecule has 3 aromatic carbocycles. The molecule has 0 saturated heterocycles. The van der Waals surface area contributed by atoms with Crippen LogP contribution in [0.4, 0.5) is 0 Å². The Balaban J connectivity index is 1.45. The number of carbonyl (C=O) groups is 2. The van der Waals surface area contributed by atoms with Gasteiger partial charge >= 0.3 is 5.97 Å². The molecule has 0 atom stereocenters. The van der Waals surface area contributed by atoms with E-state index in [0.29, 0.717) is 22.6 Å². The third kappa shape index (κ3) is 3.76. The van der Waals surface area contributed by atoms with Gasteiger partial charge in [0.15, 0.2) is 5.76 Å². The smallest absolute Gasteiger partial charge is 0.343 e. The number of hydrogen-bond donors (Lipinski definition) is 0. The van der Waals surface area contributed by atoms with Crippen molar-refractivity contribution in [2.75, 3.05) is 7.11 Å². The summed E-state index contributed by atoms with van der Waals surface area (Å²) >= 11 is 0. The summed E-state index contributed by atoms with van der Waals surface area (Å²) in [7, 11) is 1.62. The number of aryl methyl sites for hydroxylation is 1. The van der Waals surface area contributed by atoms with Crippen LogP contribution in [-0.4, -0.2) is 23.4 Å². The van der Waals surface area contributed by atoms with Gasteiger partial charge in [0, 0.05) is 35.3 Å². The summed E-state index contributed by atoms with van der Waals surface area (Å²) in [5, 5.41) is 0.966. The van der Waals surface area contributed by atoms with Crippen molar-refractivity contribution in [3.63, 3.8) is 0 Å². The van der Waals surface area contributed by atoms with Gasteiger partial charge in [-0.1, -0.05) is 18.2 Å². The predicted octanol–water partition coefficient (Wildman–Crippen LogP) is 5.51. The first-order valence-electron chi connectivity index (χ1n) is 10.6. The van der Waals surface area contributed by atoms with Crippen LogP contribution >= 0.6 is 0 Å². The first-order chi connectivity index (χ1) is 16.1. The third-order valence-corrected chi connectivity index (χ3v) is 5.61. The van der Waals surface area contributed by atoms with Crippen molar-refractivity contribution in [3.05, 3.63) is 95.4 Å². The highest BCUT2D eigenvalue weighted by atomic mass is 16.5. The average molecular weight is 439 g/mol. The van der Waals surface area contributed by atoms with Gasteiger partial charge in [-0.3, -0.25) is 4.79 Å². The highest BCUT2D eigenvalue weighted by molar-refractivity contribution is 6.15. The Morgan fingerprint density at radius 3 is 2.58 bits per heavy atom. The molecule has 2 heterocycles. The number of ketones is 1. The lowest BCUT2D eigenvalue weighted by Gasteiger charge is -2.05. The third-order valence-electron chi connectivity index (χ3n) is 5.61. The number of allylic oxidation sites excluding steroid dienone is 1. The van der Waals surface area contributed by atoms with Crippen LogP contribution in [0.25, 0.3) is 17.0 Å². The van der Waals surface area contributed by atoms with Crippen LogP contribution in [0.15, 0.2) is 78.7 Å². The molecule has 0 aliphatic carbocycles. The zero-order valence-corrected chi connectivity index (χ0v) is 18.2. The molecule has 0 bridgehead atoms. The second kappa shape index (κ2) is 8.31. The summed E-state index contributed by atoms with van der Waals surface area (Å²) in [5.74, 6) is 0.936. The van der Waals surface area contributed by atoms with Crippen LogP contribution in [0, 0.1) is 0 Å². The molecule has 0 amide bonds. The van der Waals surface area contributed by atoms with E-state index in [-0.39, 0.29) is 11.5 Å². The number of fused-ring (bicyclic) bond motifs is 2. The normalized spacial score (nSPS) is 13.8. The summed E-state index contributed by atoms with van der Waals surface area (Å²) < 4.78 is 18.8. The Bertz CT molecular complexity index is 1420. The molecule has 33 heavy (non-hydrogen) atoms. The van der Waals surface area contributed by atoms with Gasteiger partial charge in [-0.15, -0.1) is 0 Å². The van der Waals surface area contributed by atoms with E-state index in [9.17, 15) is 9.59 Å². The van der Waals surface area contributed by atoms with Crippen molar-refractivity contribution < 1.29 is 23.8 Å². The first kappa shape index (κ1) is 20.6. The Morgan fingerprint density at radius 2 is 1.82 bits per heavy atom. The van der Waals surface area contributed by atoms with E-state index in [1.54, 1.807) is 55.7 Å². The van der Waals surface area contributed by atoms with Crippen molar-refractivity contribution in [1.82, 2.24) is 4.57 Å². The van der Waals surface area contributed by atoms with Crippen LogP contribution in [0.1, 0.15) is 33.2 Å². The fraction of sp³-hybridized carbons (Fsp3) is 0.111. The van der Waals surface area contributed by atoms with E-state index in [4.69, 9.17) is 14.2 Å². The summed E-state index contributed by atoms with van der Waals surface area (Å²) in [5.41, 5.74) is 2.77. The van der Waals surface area contributed by atoms with E-state index in [1.807, 2.05) is 30.5 Å². The highest BCUT2D eigenvalue weighted by Gasteiger charge is 2.28. The predicted molar refractivity (Wildman–Crippen MR) is 125 cm³/mol. The van der Waals surface area contributed by atoms with Crippen LogP contribution < -0.4 is 14.2 Å². The molecule has 0 fully saturated rings. The SMILES string of the molecule is CCn1cc(C=C2Oc3cc(OC(=O)c4ccccc4)ccc3C2=O)c2cc(OC)ccc21. The van der Waals surface area contributed by atoms with Crippen molar-refractivity contribution in [2.45, 2.75) is 13.5 Å². The zero-order valence-electron chi connectivity index (χ0n) is 18.2. The lowest BCUT2D eigenvalue weighted by atomic mass is 10.1. The number of carbonyl (C=O) groups excluding carboxylic acids is 2. The Labute approximate surface area is 190 Å². The van der Waals surface area contributed by atoms with Gasteiger partial charge in [-0.2, -0.15) is 0 Å². The van der Waals surface area contributed by atoms with E-state index in [1.165, 1.54) is 0 Å². The topological polar surface area (TPSA) is 66.8 Å². The monoisotopic (exact) mass is 439 g/mol. The van der Waals surface area contributed by atoms with Crippen LogP contribution in [0.5, 0.6) is 17.2 Å². The molecule has 0 saturated carbocycles. The Morgan fingerprint density at radius 1 is 1.03 bits per heavy atom. The van der Waals surface area contributed by atoms with Gasteiger partial charge in [-0.05, 0) is 55.5 Å². The molecule has 6 nitrogen and oxygen atoms in total. The maximum Gasteiger partial charge on any atom is 0.343 e. The molecule has 0 radical (unpaired) electrons. The number of esters is 1. The summed E-state index contributed by atoms with van der Waals surface area (Å²) in [6.45, 7) is 2.85. The van der Waals surface area contributed by atoms with E-state index in [0.717, 1.165) is 28.8 Å². The van der Waals surface area contributed by atoms with Crippen molar-refractivity contribution in [1.29, 1.82) is 0 Å². The summed E-state index contributed by atoms with van der Waals surface area (Å²) in [6, 6.07) is 19.4. The fourth-order valence-electron chi connectivity index (χ4n) is 3.92. The summed E-state index contributed by atoms with van der Waals surface area (Å²) in [6.07, 6.45) is 3.73. The van der Waals surface area contributed by atoms with Crippen LogP contribution in [0.3, 0.4) is 0 Å². The number of ether oxygens (including phenoxy) is 3. The standard InChI is InChI=1S/C27H21NO5/c1-3-28-16-18(22-14-19(31-2)10-12-23(22)28)13-25-26(29)21-11-9-20(15-24(21)33-25)32-27(30)17-7-5-4-6-8-17/h4-16H,3H2,1-2H3. The number of nitrogens with zero attached hydrogens (tertiary/aromatic N) is 1. The minimum atomic E-state index is -0.475. The molecule has 1 aromatic heterocycles. The average Bonchev–Trinajstić information content (AvgIpc) is 3.36. The van der Waals surface area contributed by atoms with Crippen molar-refractivity contribution in [3.8, 4) is 17.2 Å². The quantitative estimate of drug-likeness (QED) is 0.233. The number of Topliss-reactive ketones (excluding diaryl/α,β-unsaturated/α-hetero) is 1. The lowest BCUT2D eigenvalue weighted by Crippen LogP contribution is -2.08. The first-order valence-corrected chi connectivity index (χ1v) is 10.6. The molecule has 0 N–H and O–H groups in total. The molecule has 6 heteroatoms. The minimum Gasteiger partial charge on any atom is -0.497 e. The van der Waals surface area contributed by atoms with E-state index >= 15 is 0 Å². The van der Waals surface area contributed by atoms with Crippen molar-refractivity contribution in [2.24, 2.45) is 0 Å². The second-order valence-electron chi connectivity index (χ2n) is 7.61. The number of aromatic nitrogens is 1. The number of hydrogen-bond acceptors (Lipinski definition) is 5. The molecule has 1 aliphatic rings. The fourth-order valence-corrected chi connectivity index (χ4v) is 3.92. The van der Waals surface area contributed by atoms with Crippen LogP contribution in [-0.2, 0) is 6.54 Å². The maximum absolute atomic E-state index is 13.0. The van der Waals surface area contributed by atoms with Gasteiger partial charge in [0.1, 0.15) is 17.2 Å². The molecule has 4 aromatic rings. The Kier molecular flexibility index (Phi) is 5.18. The van der Waals surface area contributed by atoms with Crippen molar-refractivity contribution >= 4 is 28.7 Å². The van der Waals surface area contributed by atoms with E-state index < -0.39 is 5.97 Å². The van der Waals surface area contributed by atoms with E-state index in [2.05, 4.69) is 11.5 Å². The van der Waals surface area contributed by atoms with Gasteiger partial charge in [-0.25, -0.2) is 4.79 Å². The molecule has 0 spiro atoms. The molecule has 0 unspecified atom stereocenters. The minimum absolute atomic E-state index is 0.216. The van der Waals surface area contributed by atoms with Gasteiger partial charge in [0.25, 0.3) is 0 Å². The largest absolute Gasteiger partial charge is 0.497 e. The molecule has 5 rings (SSSR count). The number of rotatable bonds is 5. The molecule has 1 aliphatic heterocycles. The highest BCUT2D eigenvalue weighted by Crippen LogP contribution is 2.36. The summed E-state index contributed by atoms with van der Waals surface area (Å²) in [4.78, 5) is 25.3. The second-order valence-corrected chi connectivity index (χ2v) is 7.61. The van der Waals surface area contributed by atoms with Gasteiger partial charge < -0.3 is 18.8 Å². The Hall–Kier alpha value is -4.32. The lowest BCUT2D eigenvalue weighted by molar-refractivity contribution is 0.0734. The number of benzene rings is 3. The van der Waals surface area contributed by atoms with Gasteiger partial charge in [0.2, 0.25) is 5.78 Å². The van der Waals surface area contributed by atoms with Gasteiger partial charge in [0.05, 0.1) is 18.2 Å². The molecular weight excluding hydrogens is 418 g/mol.